The van der Waals surface area contributed by atoms with E-state index in [-0.39, 0.29) is 17.7 Å². The number of rotatable bonds is 4. The molecule has 0 atom stereocenters. The molecule has 0 unspecified atom stereocenters. The Balaban J connectivity index is 1.33. The summed E-state index contributed by atoms with van der Waals surface area (Å²) in [5, 5.41) is 2.66. The van der Waals surface area contributed by atoms with Crippen molar-refractivity contribution >= 4 is 77.7 Å². The topological polar surface area (TPSA) is 6.48 Å². The summed E-state index contributed by atoms with van der Waals surface area (Å²) in [7, 11) is 0. The molecule has 0 aliphatic carbocycles. The van der Waals surface area contributed by atoms with Crippen molar-refractivity contribution in [2.24, 2.45) is 0 Å². The maximum absolute atomic E-state index is 2.68. The van der Waals surface area contributed by atoms with Gasteiger partial charge in [-0.3, -0.25) is 0 Å². The monoisotopic (exact) mass is 818 g/mol. The van der Waals surface area contributed by atoms with Gasteiger partial charge in [0.05, 0.1) is 5.69 Å². The fourth-order valence-corrected chi connectivity index (χ4v) is 11.5. The van der Waals surface area contributed by atoms with E-state index in [1.54, 1.807) is 0 Å². The standard InChI is InChI=1S/C58H51BN2S/c1-36-17-16-18-37(2)53(36)39-33-46-45-35-41(58(6,7)8)27-30-48(45)61(42-28-25-40(26-29-42)57(3,4)5)59-55(46)50(34-39)60(47-23-14-12-21-43(47)38-19-10-9-11-20-38)49-31-32-52-54(56(49)59)44-22-13-15-24-51(44)62-52/h9-35H,1-8H3. The Morgan fingerprint density at radius 2 is 1.11 bits per heavy atom. The van der Waals surface area contributed by atoms with Crippen LogP contribution in [0.15, 0.2) is 164 Å². The SMILES string of the molecule is Cc1cccc(C)c1-c1cc2c3c(c1)N(c1ccccc1-c1ccccc1)c1ccc4sc5ccccc5c4c1B3N(c1ccc(C(C)(C)C)cc1)c1ccc(C(C)(C)C)cc1-2. The van der Waals surface area contributed by atoms with Crippen LogP contribution >= 0.6 is 11.3 Å². The van der Waals surface area contributed by atoms with Gasteiger partial charge in [-0.15, -0.1) is 11.3 Å². The molecule has 0 amide bonds. The van der Waals surface area contributed by atoms with E-state index in [1.807, 2.05) is 11.3 Å². The van der Waals surface area contributed by atoms with Gasteiger partial charge in [-0.2, -0.15) is 0 Å². The van der Waals surface area contributed by atoms with Gasteiger partial charge in [-0.25, -0.2) is 0 Å². The van der Waals surface area contributed by atoms with E-state index in [0.717, 1.165) is 0 Å². The van der Waals surface area contributed by atoms with E-state index in [0.29, 0.717) is 0 Å². The van der Waals surface area contributed by atoms with Crippen molar-refractivity contribution in [2.75, 3.05) is 9.71 Å². The highest BCUT2D eigenvalue weighted by molar-refractivity contribution is 7.26. The van der Waals surface area contributed by atoms with Crippen LogP contribution in [0.25, 0.3) is 53.6 Å². The molecule has 0 spiro atoms. The van der Waals surface area contributed by atoms with E-state index in [9.17, 15) is 0 Å². The first-order chi connectivity index (χ1) is 29.9. The third-order valence-corrected chi connectivity index (χ3v) is 14.6. The van der Waals surface area contributed by atoms with Crippen molar-refractivity contribution in [3.05, 3.63) is 186 Å². The van der Waals surface area contributed by atoms with Crippen LogP contribution in [-0.2, 0) is 10.8 Å². The summed E-state index contributed by atoms with van der Waals surface area (Å²) in [6, 6.07) is 62.3. The van der Waals surface area contributed by atoms with Gasteiger partial charge in [0.1, 0.15) is 0 Å². The van der Waals surface area contributed by atoms with Crippen LogP contribution in [0, 0.1) is 13.8 Å². The fraction of sp³-hybridized carbons (Fsp3) is 0.172. The van der Waals surface area contributed by atoms with E-state index < -0.39 is 0 Å². The molecule has 1 aromatic heterocycles. The summed E-state index contributed by atoms with van der Waals surface area (Å²) in [5.74, 6) is 0. The Hall–Kier alpha value is -6.36. The Morgan fingerprint density at radius 1 is 0.452 bits per heavy atom. The van der Waals surface area contributed by atoms with Crippen LogP contribution in [0.3, 0.4) is 0 Å². The third kappa shape index (κ3) is 5.98. The molecule has 0 N–H and O–H groups in total. The lowest BCUT2D eigenvalue weighted by Crippen LogP contribution is -2.61. The number of fused-ring (bicyclic) bond motifs is 8. The Labute approximate surface area is 371 Å². The van der Waals surface area contributed by atoms with Crippen molar-refractivity contribution in [1.29, 1.82) is 0 Å². The van der Waals surface area contributed by atoms with Crippen LogP contribution < -0.4 is 20.6 Å². The maximum Gasteiger partial charge on any atom is 0.333 e. The van der Waals surface area contributed by atoms with Crippen LogP contribution in [-0.4, -0.2) is 6.85 Å². The first-order valence-electron chi connectivity index (χ1n) is 22.0. The number of thiophene rings is 1. The molecule has 302 valence electrons. The van der Waals surface area contributed by atoms with Crippen LogP contribution in [0.2, 0.25) is 0 Å². The quantitative estimate of drug-likeness (QED) is 0.163. The minimum Gasteiger partial charge on any atom is -0.376 e. The van der Waals surface area contributed by atoms with Gasteiger partial charge in [0, 0.05) is 43.3 Å². The van der Waals surface area contributed by atoms with E-state index in [1.165, 1.54) is 115 Å². The van der Waals surface area contributed by atoms with E-state index in [4.69, 9.17) is 0 Å². The van der Waals surface area contributed by atoms with Crippen LogP contribution in [0.4, 0.5) is 28.4 Å². The van der Waals surface area contributed by atoms with Crippen molar-refractivity contribution in [2.45, 2.75) is 66.2 Å². The highest BCUT2D eigenvalue weighted by Crippen LogP contribution is 2.52. The van der Waals surface area contributed by atoms with Gasteiger partial charge in [0.15, 0.2) is 0 Å². The zero-order valence-corrected chi connectivity index (χ0v) is 37.8. The molecule has 0 fully saturated rings. The number of nitrogens with zero attached hydrogens (tertiary/aromatic N) is 2. The van der Waals surface area contributed by atoms with Crippen molar-refractivity contribution in [3.8, 4) is 33.4 Å². The molecule has 62 heavy (non-hydrogen) atoms. The Kier molecular flexibility index (Phi) is 8.76. The molecule has 11 rings (SSSR count). The molecule has 8 aromatic carbocycles. The average molecular weight is 819 g/mol. The first-order valence-corrected chi connectivity index (χ1v) is 22.9. The predicted molar refractivity (Wildman–Crippen MR) is 271 cm³/mol. The molecular weight excluding hydrogens is 768 g/mol. The highest BCUT2D eigenvalue weighted by atomic mass is 32.1. The fourth-order valence-electron chi connectivity index (χ4n) is 10.4. The molecule has 0 saturated heterocycles. The number of anilines is 5. The number of benzene rings is 8. The molecule has 0 radical (unpaired) electrons. The zero-order valence-electron chi connectivity index (χ0n) is 37.0. The summed E-state index contributed by atoms with van der Waals surface area (Å²) in [4.78, 5) is 5.30. The van der Waals surface area contributed by atoms with Crippen molar-refractivity contribution in [1.82, 2.24) is 0 Å². The van der Waals surface area contributed by atoms with Gasteiger partial charge in [0.2, 0.25) is 0 Å². The molecule has 2 aliphatic heterocycles. The number of para-hydroxylation sites is 1. The lowest BCUT2D eigenvalue weighted by molar-refractivity contribution is 0.590. The highest BCUT2D eigenvalue weighted by Gasteiger charge is 2.47. The Morgan fingerprint density at radius 3 is 1.85 bits per heavy atom. The minimum atomic E-state index is -0.114. The normalized spacial score (nSPS) is 13.4. The van der Waals surface area contributed by atoms with Gasteiger partial charge in [-0.05, 0) is 152 Å². The predicted octanol–water partition coefficient (Wildman–Crippen LogP) is 15.3. The van der Waals surface area contributed by atoms with E-state index >= 15 is 0 Å². The summed E-state index contributed by atoms with van der Waals surface area (Å²) >= 11 is 1.91. The molecule has 2 aliphatic rings. The smallest absolute Gasteiger partial charge is 0.333 e. The van der Waals surface area contributed by atoms with Crippen LogP contribution in [0.5, 0.6) is 0 Å². The lowest BCUT2D eigenvalue weighted by Gasteiger charge is -2.47. The largest absolute Gasteiger partial charge is 0.376 e. The number of aryl methyl sites for hydroxylation is 2. The number of hydrogen-bond acceptors (Lipinski definition) is 3. The number of hydrogen-bond donors (Lipinski definition) is 0. The summed E-state index contributed by atoms with van der Waals surface area (Å²) in [6.45, 7) is 18.3. The van der Waals surface area contributed by atoms with E-state index in [2.05, 4.69) is 229 Å². The minimum absolute atomic E-state index is 0.0373. The first kappa shape index (κ1) is 38.6. The van der Waals surface area contributed by atoms with Crippen LogP contribution in [0.1, 0.15) is 63.8 Å². The zero-order chi connectivity index (χ0) is 42.7. The van der Waals surface area contributed by atoms with Gasteiger partial charge < -0.3 is 9.71 Å². The van der Waals surface area contributed by atoms with Crippen molar-refractivity contribution < 1.29 is 0 Å². The second kappa shape index (κ2) is 14.1. The molecule has 0 bridgehead atoms. The summed E-state index contributed by atoms with van der Waals surface area (Å²) in [6.07, 6.45) is 0. The molecule has 0 saturated carbocycles. The van der Waals surface area contributed by atoms with Gasteiger partial charge in [0.25, 0.3) is 0 Å². The average Bonchev–Trinajstić information content (AvgIpc) is 3.65. The molecule has 2 nitrogen and oxygen atoms in total. The maximum atomic E-state index is 2.68. The molecular formula is C58H51BN2S. The molecule has 4 heteroatoms. The second-order valence-electron chi connectivity index (χ2n) is 19.5. The van der Waals surface area contributed by atoms with Gasteiger partial charge >= 0.3 is 6.85 Å². The summed E-state index contributed by atoms with van der Waals surface area (Å²) in [5.41, 5.74) is 21.5. The van der Waals surface area contributed by atoms with Crippen molar-refractivity contribution in [3.63, 3.8) is 0 Å². The second-order valence-corrected chi connectivity index (χ2v) is 20.5. The third-order valence-electron chi connectivity index (χ3n) is 13.4. The molecule has 3 heterocycles. The lowest BCUT2D eigenvalue weighted by atomic mass is 9.42. The summed E-state index contributed by atoms with van der Waals surface area (Å²) < 4.78 is 2.63. The molecule has 9 aromatic rings. The van der Waals surface area contributed by atoms with Gasteiger partial charge in [-0.1, -0.05) is 145 Å². The Bertz CT molecular complexity index is 3220.